The lowest BCUT2D eigenvalue weighted by atomic mass is 10.0. The summed E-state index contributed by atoms with van der Waals surface area (Å²) < 4.78 is 80.5. The highest BCUT2D eigenvalue weighted by Crippen LogP contribution is 2.38. The normalized spacial score (nSPS) is 13.8. The number of rotatable bonds is 3. The number of carbonyl (C=O) groups is 1. The number of anilines is 1. The molecular weight excluding hydrogens is 456 g/mol. The Bertz CT molecular complexity index is 1170. The third-order valence-corrected chi connectivity index (χ3v) is 5.95. The molecule has 1 aliphatic heterocycles. The average Bonchev–Trinajstić information content (AvgIpc) is 3.29. The highest BCUT2D eigenvalue weighted by molar-refractivity contribution is 7.98. The fourth-order valence-corrected chi connectivity index (χ4v) is 4.42. The maximum absolute atomic E-state index is 13.2. The highest BCUT2D eigenvalue weighted by atomic mass is 32.2. The molecule has 0 saturated carbocycles. The van der Waals surface area contributed by atoms with Crippen molar-refractivity contribution < 1.29 is 31.1 Å². The third-order valence-electron chi connectivity index (χ3n) is 4.98. The van der Waals surface area contributed by atoms with E-state index in [1.165, 1.54) is 4.68 Å². The molecule has 1 amide bonds. The lowest BCUT2D eigenvalue weighted by Gasteiger charge is -2.15. The quantitative estimate of drug-likeness (QED) is 0.462. The monoisotopic (exact) mass is 471 g/mol. The predicted molar refractivity (Wildman–Crippen MR) is 108 cm³/mol. The number of alkyl halides is 6. The van der Waals surface area contributed by atoms with Gasteiger partial charge in [0.1, 0.15) is 5.82 Å². The molecule has 168 valence electrons. The second-order valence-corrected chi connectivity index (χ2v) is 8.20. The number of nitrogens with zero attached hydrogens (tertiary/aromatic N) is 2. The Kier molecular flexibility index (Phi) is 5.48. The van der Waals surface area contributed by atoms with Crippen molar-refractivity contribution in [2.45, 2.75) is 30.8 Å². The molecule has 0 aliphatic carbocycles. The Labute approximate surface area is 182 Å². The summed E-state index contributed by atoms with van der Waals surface area (Å²) in [5, 5.41) is 7.01. The topological polar surface area (TPSA) is 46.9 Å². The van der Waals surface area contributed by atoms with E-state index in [0.717, 1.165) is 5.56 Å². The molecule has 2 aromatic carbocycles. The molecule has 0 saturated heterocycles. The van der Waals surface area contributed by atoms with Crippen LogP contribution in [0.5, 0.6) is 0 Å². The maximum atomic E-state index is 13.2. The smallest absolute Gasteiger partial charge is 0.306 e. The van der Waals surface area contributed by atoms with Crippen molar-refractivity contribution in [3.05, 3.63) is 76.0 Å². The number of hydrogen-bond acceptors (Lipinski definition) is 3. The number of aromatic nitrogens is 2. The first-order chi connectivity index (χ1) is 14.9. The van der Waals surface area contributed by atoms with Crippen LogP contribution in [0.25, 0.3) is 5.69 Å². The van der Waals surface area contributed by atoms with Crippen LogP contribution < -0.4 is 5.32 Å². The van der Waals surface area contributed by atoms with Gasteiger partial charge >= 0.3 is 12.4 Å². The summed E-state index contributed by atoms with van der Waals surface area (Å²) in [6.45, 7) is 1.82. The first-order valence-corrected chi connectivity index (χ1v) is 10.5. The molecule has 0 radical (unpaired) electrons. The van der Waals surface area contributed by atoms with Crippen molar-refractivity contribution in [2.75, 3.05) is 5.32 Å². The molecule has 2 heterocycles. The molecule has 32 heavy (non-hydrogen) atoms. The van der Waals surface area contributed by atoms with E-state index in [9.17, 15) is 31.1 Å². The lowest BCUT2D eigenvalue weighted by molar-refractivity contribution is -0.143. The second kappa shape index (κ2) is 7.88. The van der Waals surface area contributed by atoms with Crippen LogP contribution in [0.4, 0.5) is 32.2 Å². The van der Waals surface area contributed by atoms with E-state index >= 15 is 0 Å². The van der Waals surface area contributed by atoms with Crippen LogP contribution in [0.1, 0.15) is 38.3 Å². The van der Waals surface area contributed by atoms with Gasteiger partial charge in [-0.3, -0.25) is 4.79 Å². The van der Waals surface area contributed by atoms with Crippen LogP contribution in [-0.4, -0.2) is 15.7 Å². The molecule has 0 fully saturated rings. The number of amides is 1. The fourth-order valence-electron chi connectivity index (χ4n) is 3.38. The van der Waals surface area contributed by atoms with Crippen molar-refractivity contribution in [3.63, 3.8) is 0 Å². The van der Waals surface area contributed by atoms with Crippen LogP contribution >= 0.6 is 11.8 Å². The Morgan fingerprint density at radius 2 is 1.62 bits per heavy atom. The Balaban J connectivity index is 1.78. The summed E-state index contributed by atoms with van der Waals surface area (Å²) >= 11 is 1.54. The number of benzene rings is 2. The molecule has 4 nitrogen and oxygen atoms in total. The van der Waals surface area contributed by atoms with E-state index in [1.807, 2.05) is 19.1 Å². The first-order valence-electron chi connectivity index (χ1n) is 9.30. The molecule has 4 rings (SSSR count). The second-order valence-electron chi connectivity index (χ2n) is 7.21. The molecule has 0 bridgehead atoms. The zero-order chi connectivity index (χ0) is 23.3. The van der Waals surface area contributed by atoms with Gasteiger partial charge in [0.15, 0.2) is 0 Å². The van der Waals surface area contributed by atoms with Crippen molar-refractivity contribution in [1.82, 2.24) is 9.78 Å². The van der Waals surface area contributed by atoms with Gasteiger partial charge in [-0.1, -0.05) is 18.2 Å². The maximum Gasteiger partial charge on any atom is 0.416 e. The number of para-hydroxylation sites is 1. The lowest BCUT2D eigenvalue weighted by Crippen LogP contribution is -2.19. The van der Waals surface area contributed by atoms with E-state index in [0.29, 0.717) is 40.6 Å². The molecule has 0 spiro atoms. The van der Waals surface area contributed by atoms with Gasteiger partial charge in [-0.25, -0.2) is 4.68 Å². The van der Waals surface area contributed by atoms with Gasteiger partial charge in [0.25, 0.3) is 5.91 Å². The van der Waals surface area contributed by atoms with Crippen LogP contribution in [0, 0.1) is 6.92 Å². The van der Waals surface area contributed by atoms with Gasteiger partial charge in [0, 0.05) is 22.6 Å². The van der Waals surface area contributed by atoms with Gasteiger partial charge in [-0.15, -0.1) is 0 Å². The van der Waals surface area contributed by atoms with Crippen molar-refractivity contribution in [2.24, 2.45) is 0 Å². The average molecular weight is 471 g/mol. The fraction of sp³-hybridized carbons (Fsp3) is 0.238. The van der Waals surface area contributed by atoms with E-state index in [1.54, 1.807) is 23.9 Å². The van der Waals surface area contributed by atoms with Gasteiger partial charge in [-0.05, 0) is 36.8 Å². The molecule has 1 aromatic heterocycles. The van der Waals surface area contributed by atoms with E-state index in [-0.39, 0.29) is 11.9 Å². The third kappa shape index (κ3) is 4.21. The summed E-state index contributed by atoms with van der Waals surface area (Å²) in [5.74, 6) is 0.234. The first kappa shape index (κ1) is 22.3. The minimum Gasteiger partial charge on any atom is -0.306 e. The molecule has 0 unspecified atom stereocenters. The van der Waals surface area contributed by atoms with Crippen LogP contribution in [0.3, 0.4) is 0 Å². The Morgan fingerprint density at radius 1 is 1.00 bits per heavy atom. The largest absolute Gasteiger partial charge is 0.416 e. The molecule has 0 atom stereocenters. The minimum atomic E-state index is -5.04. The summed E-state index contributed by atoms with van der Waals surface area (Å²) in [7, 11) is 0. The van der Waals surface area contributed by atoms with Crippen molar-refractivity contribution in [3.8, 4) is 5.69 Å². The zero-order valence-corrected chi connectivity index (χ0v) is 17.3. The Morgan fingerprint density at radius 3 is 2.22 bits per heavy atom. The summed E-state index contributed by atoms with van der Waals surface area (Å²) in [5.41, 5.74) is -0.985. The molecule has 3 aromatic rings. The zero-order valence-electron chi connectivity index (χ0n) is 16.4. The SMILES string of the molecule is Cc1ccccc1-n1nc2c(c1NC(=O)c1cc(C(F)(F)F)cc(C(F)(F)F)c1)CSC2. The number of nitrogens with one attached hydrogen (secondary N) is 1. The van der Waals surface area contributed by atoms with Crippen molar-refractivity contribution >= 4 is 23.5 Å². The van der Waals surface area contributed by atoms with Crippen LogP contribution in [0.15, 0.2) is 42.5 Å². The number of fused-ring (bicyclic) bond motifs is 1. The summed E-state index contributed by atoms with van der Waals surface area (Å²) in [6.07, 6.45) is -10.1. The van der Waals surface area contributed by atoms with Gasteiger partial charge in [0.2, 0.25) is 0 Å². The van der Waals surface area contributed by atoms with E-state index in [2.05, 4.69) is 10.4 Å². The van der Waals surface area contributed by atoms with Gasteiger partial charge in [0.05, 0.1) is 22.5 Å². The molecule has 1 N–H and O–H groups in total. The van der Waals surface area contributed by atoms with Crippen LogP contribution in [-0.2, 0) is 23.9 Å². The summed E-state index contributed by atoms with van der Waals surface area (Å²) in [6, 6.07) is 7.96. The van der Waals surface area contributed by atoms with Crippen LogP contribution in [0.2, 0.25) is 0 Å². The van der Waals surface area contributed by atoms with E-state index < -0.39 is 35.0 Å². The number of halogens is 6. The van der Waals surface area contributed by atoms with Gasteiger partial charge in [-0.2, -0.15) is 43.2 Å². The molecular formula is C21H15F6N3OS. The number of aryl methyl sites for hydroxylation is 1. The van der Waals surface area contributed by atoms with Gasteiger partial charge < -0.3 is 5.32 Å². The number of thioether (sulfide) groups is 1. The molecule has 11 heteroatoms. The van der Waals surface area contributed by atoms with E-state index in [4.69, 9.17) is 0 Å². The minimum absolute atomic E-state index is 0.0112. The predicted octanol–water partition coefficient (Wildman–Crippen LogP) is 6.22. The molecule has 1 aliphatic rings. The Hall–Kier alpha value is -2.95. The highest BCUT2D eigenvalue weighted by Gasteiger charge is 2.37. The number of hydrogen-bond donors (Lipinski definition) is 1. The number of carbonyl (C=O) groups excluding carboxylic acids is 1. The van der Waals surface area contributed by atoms with Crippen molar-refractivity contribution in [1.29, 1.82) is 0 Å². The standard InChI is InChI=1S/C21H15F6N3OS/c1-11-4-2-3-5-17(11)30-18(15-9-32-10-16(15)29-30)28-19(31)12-6-13(20(22,23)24)8-14(7-12)21(25,26)27/h2-8H,9-10H2,1H3,(H,28,31). The summed E-state index contributed by atoms with van der Waals surface area (Å²) in [4.78, 5) is 12.8.